The molecule has 2 atom stereocenters. The fourth-order valence-corrected chi connectivity index (χ4v) is 3.08. The van der Waals surface area contributed by atoms with Crippen LogP contribution >= 0.6 is 0 Å². The molecule has 0 aromatic heterocycles. The van der Waals surface area contributed by atoms with Gasteiger partial charge in [0.25, 0.3) is 0 Å². The van der Waals surface area contributed by atoms with Gasteiger partial charge in [0.15, 0.2) is 0 Å². The van der Waals surface area contributed by atoms with Crippen molar-refractivity contribution in [3.63, 3.8) is 0 Å². The SMILES string of the molecule is CC(NC1CCCCC1(C)C)c1cccc(C#N)c1. The summed E-state index contributed by atoms with van der Waals surface area (Å²) in [6.07, 6.45) is 5.24. The van der Waals surface area contributed by atoms with Crippen LogP contribution in [0.3, 0.4) is 0 Å². The second-order valence-electron chi connectivity index (χ2n) is 6.41. The van der Waals surface area contributed by atoms with E-state index in [1.54, 1.807) is 0 Å². The van der Waals surface area contributed by atoms with Crippen molar-refractivity contribution in [2.24, 2.45) is 5.41 Å². The molecule has 1 aliphatic carbocycles. The van der Waals surface area contributed by atoms with Crippen molar-refractivity contribution in [2.45, 2.75) is 58.5 Å². The maximum absolute atomic E-state index is 8.98. The van der Waals surface area contributed by atoms with E-state index in [4.69, 9.17) is 5.26 Å². The number of rotatable bonds is 3. The Hall–Kier alpha value is -1.33. The van der Waals surface area contributed by atoms with Gasteiger partial charge in [-0.1, -0.05) is 38.8 Å². The predicted molar refractivity (Wildman–Crippen MR) is 78.7 cm³/mol. The molecule has 1 aromatic rings. The topological polar surface area (TPSA) is 35.8 Å². The largest absolute Gasteiger partial charge is 0.307 e. The molecule has 0 radical (unpaired) electrons. The Labute approximate surface area is 116 Å². The molecule has 2 nitrogen and oxygen atoms in total. The van der Waals surface area contributed by atoms with Crippen LogP contribution < -0.4 is 5.32 Å². The monoisotopic (exact) mass is 256 g/mol. The molecule has 2 rings (SSSR count). The van der Waals surface area contributed by atoms with Gasteiger partial charge in [0.1, 0.15) is 0 Å². The van der Waals surface area contributed by atoms with Gasteiger partial charge in [-0.2, -0.15) is 5.26 Å². The zero-order valence-corrected chi connectivity index (χ0v) is 12.2. The van der Waals surface area contributed by atoms with E-state index in [0.29, 0.717) is 17.5 Å². The fourth-order valence-electron chi connectivity index (χ4n) is 3.08. The lowest BCUT2D eigenvalue weighted by atomic mass is 9.73. The molecule has 0 bridgehead atoms. The maximum atomic E-state index is 8.98. The van der Waals surface area contributed by atoms with E-state index in [2.05, 4.69) is 38.2 Å². The normalized spacial score (nSPS) is 23.6. The first-order valence-corrected chi connectivity index (χ1v) is 7.29. The van der Waals surface area contributed by atoms with E-state index in [9.17, 15) is 0 Å². The summed E-state index contributed by atoms with van der Waals surface area (Å²) in [5.41, 5.74) is 2.33. The predicted octanol–water partition coefficient (Wildman–Crippen LogP) is 4.18. The Morgan fingerprint density at radius 2 is 2.16 bits per heavy atom. The Morgan fingerprint density at radius 3 is 2.84 bits per heavy atom. The van der Waals surface area contributed by atoms with Crippen molar-refractivity contribution < 1.29 is 0 Å². The highest BCUT2D eigenvalue weighted by atomic mass is 15.0. The average molecular weight is 256 g/mol. The second-order valence-corrected chi connectivity index (χ2v) is 6.41. The van der Waals surface area contributed by atoms with Crippen molar-refractivity contribution in [1.29, 1.82) is 5.26 Å². The highest BCUT2D eigenvalue weighted by molar-refractivity contribution is 5.34. The molecule has 1 aromatic carbocycles. The summed E-state index contributed by atoms with van der Waals surface area (Å²) in [7, 11) is 0. The van der Waals surface area contributed by atoms with Gasteiger partial charge in [-0.25, -0.2) is 0 Å². The maximum Gasteiger partial charge on any atom is 0.0991 e. The molecule has 0 spiro atoms. The number of nitrogens with zero attached hydrogens (tertiary/aromatic N) is 1. The summed E-state index contributed by atoms with van der Waals surface area (Å²) in [4.78, 5) is 0. The minimum Gasteiger partial charge on any atom is -0.307 e. The molecule has 0 heterocycles. The van der Waals surface area contributed by atoms with Gasteiger partial charge in [-0.15, -0.1) is 0 Å². The van der Waals surface area contributed by atoms with Gasteiger partial charge in [-0.05, 0) is 42.9 Å². The molecule has 1 saturated carbocycles. The minimum absolute atomic E-state index is 0.302. The average Bonchev–Trinajstić information content (AvgIpc) is 2.41. The third-order valence-electron chi connectivity index (χ3n) is 4.47. The highest BCUT2D eigenvalue weighted by Gasteiger charge is 2.32. The quantitative estimate of drug-likeness (QED) is 0.880. The zero-order valence-electron chi connectivity index (χ0n) is 12.2. The standard InChI is InChI=1S/C17H24N2/c1-13(15-8-6-7-14(11-15)12-18)19-16-9-4-5-10-17(16,2)3/h6-8,11,13,16,19H,4-5,9-10H2,1-3H3. The van der Waals surface area contributed by atoms with E-state index in [0.717, 1.165) is 5.56 Å². The molecule has 1 fully saturated rings. The van der Waals surface area contributed by atoms with Crippen LogP contribution in [-0.4, -0.2) is 6.04 Å². The van der Waals surface area contributed by atoms with Crippen LogP contribution in [0, 0.1) is 16.7 Å². The lowest BCUT2D eigenvalue weighted by Crippen LogP contribution is -2.45. The number of hydrogen-bond donors (Lipinski definition) is 1. The molecule has 0 amide bonds. The summed E-state index contributed by atoms with van der Waals surface area (Å²) in [5, 5.41) is 12.7. The van der Waals surface area contributed by atoms with Crippen LogP contribution in [-0.2, 0) is 0 Å². The lowest BCUT2D eigenvalue weighted by molar-refractivity contribution is 0.157. The number of hydrogen-bond acceptors (Lipinski definition) is 2. The number of benzene rings is 1. The first-order valence-electron chi connectivity index (χ1n) is 7.29. The molecule has 2 unspecified atom stereocenters. The van der Waals surface area contributed by atoms with Gasteiger partial charge in [0, 0.05) is 12.1 Å². The molecule has 2 heteroatoms. The smallest absolute Gasteiger partial charge is 0.0991 e. The summed E-state index contributed by atoms with van der Waals surface area (Å²) >= 11 is 0. The van der Waals surface area contributed by atoms with Crippen LogP contribution in [0.5, 0.6) is 0 Å². The Morgan fingerprint density at radius 1 is 1.37 bits per heavy atom. The Balaban J connectivity index is 2.07. The van der Waals surface area contributed by atoms with Crippen molar-refractivity contribution in [2.75, 3.05) is 0 Å². The molecule has 0 saturated heterocycles. The third kappa shape index (κ3) is 3.36. The van der Waals surface area contributed by atoms with Gasteiger partial charge in [0.2, 0.25) is 0 Å². The summed E-state index contributed by atoms with van der Waals surface area (Å²) in [6.45, 7) is 6.92. The first kappa shape index (κ1) is 14.1. The van der Waals surface area contributed by atoms with Crippen molar-refractivity contribution >= 4 is 0 Å². The zero-order chi connectivity index (χ0) is 13.9. The molecule has 0 aliphatic heterocycles. The van der Waals surface area contributed by atoms with Gasteiger partial charge in [0.05, 0.1) is 11.6 Å². The molecule has 1 aliphatic rings. The van der Waals surface area contributed by atoms with Crippen LogP contribution in [0.25, 0.3) is 0 Å². The molecular formula is C17H24N2. The summed E-state index contributed by atoms with van der Waals surface area (Å²) in [6, 6.07) is 11.0. The van der Waals surface area contributed by atoms with Crippen LogP contribution in [0.4, 0.5) is 0 Å². The van der Waals surface area contributed by atoms with Crippen LogP contribution in [0.1, 0.15) is 63.6 Å². The second kappa shape index (κ2) is 5.75. The molecule has 1 N–H and O–H groups in total. The van der Waals surface area contributed by atoms with Gasteiger partial charge >= 0.3 is 0 Å². The van der Waals surface area contributed by atoms with Crippen LogP contribution in [0.2, 0.25) is 0 Å². The summed E-state index contributed by atoms with van der Waals surface area (Å²) < 4.78 is 0. The van der Waals surface area contributed by atoms with E-state index < -0.39 is 0 Å². The molecule has 19 heavy (non-hydrogen) atoms. The molecule has 102 valence electrons. The van der Waals surface area contributed by atoms with Crippen molar-refractivity contribution in [3.8, 4) is 6.07 Å². The first-order chi connectivity index (χ1) is 9.03. The van der Waals surface area contributed by atoms with E-state index >= 15 is 0 Å². The Kier molecular flexibility index (Phi) is 4.27. The van der Waals surface area contributed by atoms with Crippen molar-refractivity contribution in [1.82, 2.24) is 5.32 Å². The fraction of sp³-hybridized carbons (Fsp3) is 0.588. The van der Waals surface area contributed by atoms with Crippen molar-refractivity contribution in [3.05, 3.63) is 35.4 Å². The molecular weight excluding hydrogens is 232 g/mol. The third-order valence-corrected chi connectivity index (χ3v) is 4.47. The highest BCUT2D eigenvalue weighted by Crippen LogP contribution is 2.36. The van der Waals surface area contributed by atoms with E-state index in [1.807, 2.05) is 18.2 Å². The van der Waals surface area contributed by atoms with Gasteiger partial charge < -0.3 is 5.32 Å². The lowest BCUT2D eigenvalue weighted by Gasteiger charge is -2.41. The summed E-state index contributed by atoms with van der Waals surface area (Å²) in [5.74, 6) is 0. The van der Waals surface area contributed by atoms with E-state index in [1.165, 1.54) is 31.2 Å². The minimum atomic E-state index is 0.302. The van der Waals surface area contributed by atoms with E-state index in [-0.39, 0.29) is 0 Å². The van der Waals surface area contributed by atoms with Crippen LogP contribution in [0.15, 0.2) is 24.3 Å². The van der Waals surface area contributed by atoms with Gasteiger partial charge in [-0.3, -0.25) is 0 Å². The Bertz CT molecular complexity index is 470. The number of nitriles is 1. The number of nitrogens with one attached hydrogen (secondary N) is 1.